The molecule has 0 radical (unpaired) electrons. The van der Waals surface area contributed by atoms with Gasteiger partial charge in [-0.2, -0.15) is 0 Å². The highest BCUT2D eigenvalue weighted by Gasteiger charge is 2.06. The summed E-state index contributed by atoms with van der Waals surface area (Å²) in [7, 11) is 0. The lowest BCUT2D eigenvalue weighted by atomic mass is 10.1. The molecule has 0 atom stereocenters. The predicted octanol–water partition coefficient (Wildman–Crippen LogP) is 3.74. The van der Waals surface area contributed by atoms with Crippen molar-refractivity contribution in [3.63, 3.8) is 0 Å². The number of non-ortho nitro benzene ring substituents is 1. The highest BCUT2D eigenvalue weighted by Crippen LogP contribution is 2.18. The summed E-state index contributed by atoms with van der Waals surface area (Å²) in [5.41, 5.74) is 3.06. The molecule has 0 amide bonds. The van der Waals surface area contributed by atoms with Crippen LogP contribution in [0.5, 0.6) is 0 Å². The summed E-state index contributed by atoms with van der Waals surface area (Å²) in [6.07, 6.45) is 0. The van der Waals surface area contributed by atoms with E-state index in [1.165, 1.54) is 12.1 Å². The van der Waals surface area contributed by atoms with E-state index in [-0.39, 0.29) is 5.69 Å². The molecule has 1 N–H and O–H groups in total. The summed E-state index contributed by atoms with van der Waals surface area (Å²) in [5.74, 6) is 0. The average Bonchev–Trinajstić information content (AvgIpc) is 2.52. The van der Waals surface area contributed by atoms with Gasteiger partial charge in [0.1, 0.15) is 0 Å². The highest BCUT2D eigenvalue weighted by atomic mass is 16.6. The van der Waals surface area contributed by atoms with Crippen molar-refractivity contribution >= 4 is 11.4 Å². The third-order valence-corrected chi connectivity index (χ3v) is 3.12. The third kappa shape index (κ3) is 4.29. The molecular formula is C16H18N2O3. The van der Waals surface area contributed by atoms with Gasteiger partial charge in [0.15, 0.2) is 0 Å². The molecule has 0 aliphatic heterocycles. The maximum absolute atomic E-state index is 10.8. The summed E-state index contributed by atoms with van der Waals surface area (Å²) >= 11 is 0. The monoisotopic (exact) mass is 286 g/mol. The van der Waals surface area contributed by atoms with Crippen molar-refractivity contribution in [2.75, 3.05) is 11.9 Å². The molecule has 110 valence electrons. The minimum atomic E-state index is -0.395. The number of rotatable bonds is 7. The van der Waals surface area contributed by atoms with E-state index < -0.39 is 4.92 Å². The van der Waals surface area contributed by atoms with Crippen molar-refractivity contribution in [1.29, 1.82) is 0 Å². The fourth-order valence-corrected chi connectivity index (χ4v) is 2.01. The van der Waals surface area contributed by atoms with Gasteiger partial charge in [0.25, 0.3) is 5.69 Å². The average molecular weight is 286 g/mol. The van der Waals surface area contributed by atoms with Crippen molar-refractivity contribution in [3.05, 3.63) is 69.8 Å². The van der Waals surface area contributed by atoms with Crippen LogP contribution < -0.4 is 5.32 Å². The fraction of sp³-hybridized carbons (Fsp3) is 0.250. The number of benzene rings is 2. The molecule has 5 heteroatoms. The molecule has 2 aromatic carbocycles. The zero-order valence-electron chi connectivity index (χ0n) is 11.9. The molecule has 0 aromatic heterocycles. The maximum atomic E-state index is 10.8. The first-order valence-corrected chi connectivity index (χ1v) is 6.83. The minimum Gasteiger partial charge on any atom is -0.381 e. The van der Waals surface area contributed by atoms with Crippen LogP contribution >= 0.6 is 0 Å². The standard InChI is InChI=1S/C16H18N2O3/c1-2-21-12-14-7-4-3-6-13(14)11-17-15-8-5-9-16(10-15)18(19)20/h3-10,17H,2,11-12H2,1H3. The van der Waals surface area contributed by atoms with Gasteiger partial charge in [-0.15, -0.1) is 0 Å². The highest BCUT2D eigenvalue weighted by molar-refractivity contribution is 5.51. The Hall–Kier alpha value is -2.40. The molecule has 0 saturated heterocycles. The number of hydrogen-bond donors (Lipinski definition) is 1. The lowest BCUT2D eigenvalue weighted by Crippen LogP contribution is -2.04. The van der Waals surface area contributed by atoms with Crippen LogP contribution in [-0.4, -0.2) is 11.5 Å². The number of ether oxygens (including phenoxy) is 1. The molecule has 5 nitrogen and oxygen atoms in total. The van der Waals surface area contributed by atoms with Gasteiger partial charge in [-0.1, -0.05) is 30.3 Å². The van der Waals surface area contributed by atoms with Crippen LogP contribution in [0.25, 0.3) is 0 Å². The number of nitro benzene ring substituents is 1. The Morgan fingerprint density at radius 2 is 1.90 bits per heavy atom. The van der Waals surface area contributed by atoms with Gasteiger partial charge < -0.3 is 10.1 Å². The quantitative estimate of drug-likeness (QED) is 0.622. The zero-order valence-corrected chi connectivity index (χ0v) is 11.9. The van der Waals surface area contributed by atoms with Crippen molar-refractivity contribution in [3.8, 4) is 0 Å². The second kappa shape index (κ2) is 7.40. The molecule has 2 rings (SSSR count). The molecule has 0 bridgehead atoms. The van der Waals surface area contributed by atoms with Crippen LogP contribution in [0.3, 0.4) is 0 Å². The first-order chi connectivity index (χ1) is 10.2. The van der Waals surface area contributed by atoms with Crippen molar-refractivity contribution in [2.24, 2.45) is 0 Å². The minimum absolute atomic E-state index is 0.0857. The second-order valence-corrected chi connectivity index (χ2v) is 4.57. The van der Waals surface area contributed by atoms with E-state index in [2.05, 4.69) is 5.32 Å². The molecule has 0 aliphatic rings. The SMILES string of the molecule is CCOCc1ccccc1CNc1cccc([N+](=O)[O-])c1. The zero-order chi connectivity index (χ0) is 15.1. The number of hydrogen-bond acceptors (Lipinski definition) is 4. The molecular weight excluding hydrogens is 268 g/mol. The first-order valence-electron chi connectivity index (χ1n) is 6.83. The molecule has 0 spiro atoms. The van der Waals surface area contributed by atoms with E-state index in [9.17, 15) is 10.1 Å². The molecule has 2 aromatic rings. The topological polar surface area (TPSA) is 64.4 Å². The Balaban J connectivity index is 2.06. The van der Waals surface area contributed by atoms with Gasteiger partial charge >= 0.3 is 0 Å². The van der Waals surface area contributed by atoms with E-state index in [0.29, 0.717) is 19.8 Å². The normalized spacial score (nSPS) is 10.3. The molecule has 0 saturated carbocycles. The molecule has 21 heavy (non-hydrogen) atoms. The summed E-state index contributed by atoms with van der Waals surface area (Å²) in [4.78, 5) is 10.4. The van der Waals surface area contributed by atoms with Gasteiger partial charge in [-0.25, -0.2) is 0 Å². The number of nitro groups is 1. The van der Waals surface area contributed by atoms with Gasteiger partial charge in [0.2, 0.25) is 0 Å². The van der Waals surface area contributed by atoms with E-state index in [0.717, 1.165) is 16.8 Å². The van der Waals surface area contributed by atoms with Crippen molar-refractivity contribution in [1.82, 2.24) is 0 Å². The lowest BCUT2D eigenvalue weighted by Gasteiger charge is -2.11. The Morgan fingerprint density at radius 3 is 2.62 bits per heavy atom. The van der Waals surface area contributed by atoms with Crippen LogP contribution in [0.1, 0.15) is 18.1 Å². The molecule has 0 aliphatic carbocycles. The van der Waals surface area contributed by atoms with Crippen molar-refractivity contribution in [2.45, 2.75) is 20.1 Å². The third-order valence-electron chi connectivity index (χ3n) is 3.12. The smallest absolute Gasteiger partial charge is 0.271 e. The molecule has 0 fully saturated rings. The summed E-state index contributed by atoms with van der Waals surface area (Å²) in [5, 5.41) is 14.0. The van der Waals surface area contributed by atoms with Crippen LogP contribution in [0.15, 0.2) is 48.5 Å². The summed E-state index contributed by atoms with van der Waals surface area (Å²) < 4.78 is 5.45. The maximum Gasteiger partial charge on any atom is 0.271 e. The largest absolute Gasteiger partial charge is 0.381 e. The van der Waals surface area contributed by atoms with Gasteiger partial charge in [-0.3, -0.25) is 10.1 Å². The van der Waals surface area contributed by atoms with Gasteiger partial charge in [-0.05, 0) is 24.1 Å². The second-order valence-electron chi connectivity index (χ2n) is 4.57. The van der Waals surface area contributed by atoms with Crippen LogP contribution in [0, 0.1) is 10.1 Å². The van der Waals surface area contributed by atoms with Crippen LogP contribution in [-0.2, 0) is 17.9 Å². The molecule has 0 heterocycles. The Kier molecular flexibility index (Phi) is 5.29. The van der Waals surface area contributed by atoms with E-state index in [1.807, 2.05) is 37.3 Å². The van der Waals surface area contributed by atoms with E-state index >= 15 is 0 Å². The Morgan fingerprint density at radius 1 is 1.14 bits per heavy atom. The fourth-order valence-electron chi connectivity index (χ4n) is 2.01. The van der Waals surface area contributed by atoms with E-state index in [1.54, 1.807) is 6.07 Å². The van der Waals surface area contributed by atoms with Crippen molar-refractivity contribution < 1.29 is 9.66 Å². The van der Waals surface area contributed by atoms with E-state index in [4.69, 9.17) is 4.74 Å². The van der Waals surface area contributed by atoms with Gasteiger partial charge in [0.05, 0.1) is 11.5 Å². The van der Waals surface area contributed by atoms with Gasteiger partial charge in [0, 0.05) is 31.0 Å². The number of nitrogens with zero attached hydrogens (tertiary/aromatic N) is 1. The first kappa shape index (κ1) is 15.0. The predicted molar refractivity (Wildman–Crippen MR) is 82.2 cm³/mol. The summed E-state index contributed by atoms with van der Waals surface area (Å²) in [6, 6.07) is 14.5. The number of nitrogens with one attached hydrogen (secondary N) is 1. The van der Waals surface area contributed by atoms with Crippen LogP contribution in [0.4, 0.5) is 11.4 Å². The summed E-state index contributed by atoms with van der Waals surface area (Å²) in [6.45, 7) is 3.81. The Labute approximate surface area is 123 Å². The van der Waals surface area contributed by atoms with Crippen LogP contribution in [0.2, 0.25) is 0 Å². The Bertz CT molecular complexity index is 614. The lowest BCUT2D eigenvalue weighted by molar-refractivity contribution is -0.384. The molecule has 0 unspecified atom stereocenters. The number of anilines is 1.